The molecule has 1 aliphatic heterocycles. The average Bonchev–Trinajstić information content (AvgIpc) is 2.39. The molecule has 0 aromatic carbocycles. The highest BCUT2D eigenvalue weighted by Gasteiger charge is 2.24. The molecule has 20 heavy (non-hydrogen) atoms. The number of nitrogens with zero attached hydrogens (tertiary/aromatic N) is 4. The molecule has 0 radical (unpaired) electrons. The summed E-state index contributed by atoms with van der Waals surface area (Å²) in [6, 6.07) is 0. The highest BCUT2D eigenvalue weighted by atomic mass is 16.3. The number of hydrazine groups is 1. The zero-order valence-corrected chi connectivity index (χ0v) is 12.4. The van der Waals surface area contributed by atoms with Gasteiger partial charge in [-0.1, -0.05) is 0 Å². The Morgan fingerprint density at radius 2 is 2.00 bits per heavy atom. The minimum absolute atomic E-state index is 0.435. The van der Waals surface area contributed by atoms with E-state index in [1.165, 1.54) is 0 Å². The van der Waals surface area contributed by atoms with Gasteiger partial charge in [0.1, 0.15) is 5.82 Å². The fourth-order valence-electron chi connectivity index (χ4n) is 2.49. The summed E-state index contributed by atoms with van der Waals surface area (Å²) in [5, 5.41) is 9.87. The summed E-state index contributed by atoms with van der Waals surface area (Å²) in [4.78, 5) is 13.0. The van der Waals surface area contributed by atoms with E-state index < -0.39 is 5.60 Å². The number of nitrogens with two attached hydrogens (primary N) is 1. The molecular formula is C13H24N6O. The van der Waals surface area contributed by atoms with Crippen LogP contribution in [0.25, 0.3) is 0 Å². The van der Waals surface area contributed by atoms with Crippen LogP contribution in [0.1, 0.15) is 19.4 Å². The van der Waals surface area contributed by atoms with Crippen molar-refractivity contribution in [3.8, 4) is 0 Å². The van der Waals surface area contributed by atoms with Crippen molar-refractivity contribution in [2.45, 2.75) is 26.4 Å². The van der Waals surface area contributed by atoms with E-state index in [1.807, 2.05) is 20.8 Å². The Hall–Kier alpha value is -1.44. The zero-order valence-electron chi connectivity index (χ0n) is 12.4. The lowest BCUT2D eigenvalue weighted by Crippen LogP contribution is -2.50. The first-order chi connectivity index (χ1) is 9.39. The number of aliphatic hydroxyl groups is 1. The van der Waals surface area contributed by atoms with Crippen LogP contribution < -0.4 is 16.2 Å². The van der Waals surface area contributed by atoms with Crippen LogP contribution in [-0.2, 0) is 0 Å². The van der Waals surface area contributed by atoms with Crippen LogP contribution in [0.4, 0.5) is 11.8 Å². The smallest absolute Gasteiger partial charge is 0.239 e. The van der Waals surface area contributed by atoms with Gasteiger partial charge in [0, 0.05) is 44.5 Å². The third-order valence-electron chi connectivity index (χ3n) is 3.36. The Bertz CT molecular complexity index is 451. The number of piperazine rings is 1. The number of aryl methyl sites for hydroxylation is 1. The Labute approximate surface area is 119 Å². The van der Waals surface area contributed by atoms with Gasteiger partial charge in [-0.3, -0.25) is 10.3 Å². The van der Waals surface area contributed by atoms with Gasteiger partial charge in [-0.05, 0) is 20.8 Å². The second-order valence-corrected chi connectivity index (χ2v) is 5.92. The minimum atomic E-state index is -0.649. The summed E-state index contributed by atoms with van der Waals surface area (Å²) in [5.74, 6) is 6.72. The number of hydrogen-bond acceptors (Lipinski definition) is 7. The average molecular weight is 280 g/mol. The van der Waals surface area contributed by atoms with Crippen molar-refractivity contribution in [3.05, 3.63) is 11.8 Å². The van der Waals surface area contributed by atoms with Crippen LogP contribution in [0.3, 0.4) is 0 Å². The molecule has 1 aromatic rings. The van der Waals surface area contributed by atoms with Crippen molar-refractivity contribution < 1.29 is 5.11 Å². The molecule has 7 heteroatoms. The topological polar surface area (TPSA) is 90.5 Å². The summed E-state index contributed by atoms with van der Waals surface area (Å²) < 4.78 is 0. The molecule has 0 spiro atoms. The summed E-state index contributed by atoms with van der Waals surface area (Å²) in [6.07, 6.45) is 1.78. The fraction of sp³-hybridized carbons (Fsp3) is 0.692. The second-order valence-electron chi connectivity index (χ2n) is 5.92. The molecule has 2 rings (SSSR count). The van der Waals surface area contributed by atoms with Crippen molar-refractivity contribution in [3.63, 3.8) is 0 Å². The maximum absolute atomic E-state index is 9.87. The number of nitrogens with one attached hydrogen (secondary N) is 1. The summed E-state index contributed by atoms with van der Waals surface area (Å²) in [5.41, 5.74) is 2.87. The third kappa shape index (κ3) is 3.78. The lowest BCUT2D eigenvalue weighted by atomic mass is 10.1. The van der Waals surface area contributed by atoms with Gasteiger partial charge in [0.25, 0.3) is 0 Å². The van der Waals surface area contributed by atoms with Crippen LogP contribution in [-0.4, -0.2) is 58.3 Å². The van der Waals surface area contributed by atoms with E-state index in [2.05, 4.69) is 25.2 Å². The Morgan fingerprint density at radius 3 is 2.55 bits per heavy atom. The van der Waals surface area contributed by atoms with E-state index in [0.29, 0.717) is 12.5 Å². The third-order valence-corrected chi connectivity index (χ3v) is 3.36. The molecule has 4 N–H and O–H groups in total. The predicted molar refractivity (Wildman–Crippen MR) is 79.5 cm³/mol. The number of aromatic nitrogens is 2. The minimum Gasteiger partial charge on any atom is -0.389 e. The van der Waals surface area contributed by atoms with E-state index >= 15 is 0 Å². The first kappa shape index (κ1) is 15.0. The van der Waals surface area contributed by atoms with Crippen molar-refractivity contribution >= 4 is 11.8 Å². The maximum atomic E-state index is 9.87. The number of anilines is 2. The lowest BCUT2D eigenvalue weighted by Gasteiger charge is -2.38. The van der Waals surface area contributed by atoms with Crippen molar-refractivity contribution in [1.82, 2.24) is 14.9 Å². The molecule has 112 valence electrons. The van der Waals surface area contributed by atoms with Gasteiger partial charge >= 0.3 is 0 Å². The SMILES string of the molecule is Cc1cnc(NN)nc1N1CCN(CC(C)(C)O)CC1. The molecule has 7 nitrogen and oxygen atoms in total. The van der Waals surface area contributed by atoms with E-state index in [0.717, 1.165) is 37.6 Å². The summed E-state index contributed by atoms with van der Waals surface area (Å²) >= 11 is 0. The highest BCUT2D eigenvalue weighted by molar-refractivity contribution is 5.49. The molecule has 0 unspecified atom stereocenters. The number of rotatable bonds is 4. The van der Waals surface area contributed by atoms with E-state index in [-0.39, 0.29) is 0 Å². The molecule has 2 heterocycles. The Morgan fingerprint density at radius 1 is 1.35 bits per heavy atom. The normalized spacial score (nSPS) is 17.4. The number of β-amino-alcohol motifs (C(OH)–C–C–N with tert-alkyl or cyclic N) is 1. The van der Waals surface area contributed by atoms with Crippen LogP contribution >= 0.6 is 0 Å². The van der Waals surface area contributed by atoms with Gasteiger partial charge in [0.2, 0.25) is 5.95 Å². The molecule has 1 saturated heterocycles. The predicted octanol–water partition coefficient (Wildman–Crippen LogP) is -0.0365. The summed E-state index contributed by atoms with van der Waals surface area (Å²) in [7, 11) is 0. The zero-order chi connectivity index (χ0) is 14.8. The van der Waals surface area contributed by atoms with Crippen LogP contribution in [0.15, 0.2) is 6.20 Å². The fourth-order valence-corrected chi connectivity index (χ4v) is 2.49. The Balaban J connectivity index is 2.00. The maximum Gasteiger partial charge on any atom is 0.239 e. The summed E-state index contributed by atoms with van der Waals surface area (Å²) in [6.45, 7) is 9.98. The lowest BCUT2D eigenvalue weighted by molar-refractivity contribution is 0.0344. The molecular weight excluding hydrogens is 256 g/mol. The van der Waals surface area contributed by atoms with Gasteiger partial charge in [0.15, 0.2) is 0 Å². The van der Waals surface area contributed by atoms with Crippen molar-refractivity contribution in [2.24, 2.45) is 5.84 Å². The monoisotopic (exact) mass is 280 g/mol. The molecule has 0 bridgehead atoms. The van der Waals surface area contributed by atoms with Crippen LogP contribution in [0.2, 0.25) is 0 Å². The first-order valence-electron chi connectivity index (χ1n) is 6.89. The van der Waals surface area contributed by atoms with Gasteiger partial charge in [0.05, 0.1) is 5.60 Å². The Kier molecular flexibility index (Phi) is 4.42. The van der Waals surface area contributed by atoms with Gasteiger partial charge in [-0.15, -0.1) is 0 Å². The molecule has 1 aliphatic rings. The van der Waals surface area contributed by atoms with Crippen LogP contribution in [0, 0.1) is 6.92 Å². The van der Waals surface area contributed by atoms with E-state index in [1.54, 1.807) is 6.20 Å². The van der Waals surface area contributed by atoms with E-state index in [9.17, 15) is 5.11 Å². The molecule has 1 aromatic heterocycles. The van der Waals surface area contributed by atoms with Crippen molar-refractivity contribution in [1.29, 1.82) is 0 Å². The highest BCUT2D eigenvalue weighted by Crippen LogP contribution is 2.20. The molecule has 0 saturated carbocycles. The molecule has 0 aliphatic carbocycles. The van der Waals surface area contributed by atoms with Gasteiger partial charge in [-0.25, -0.2) is 10.8 Å². The first-order valence-corrected chi connectivity index (χ1v) is 6.89. The van der Waals surface area contributed by atoms with Crippen molar-refractivity contribution in [2.75, 3.05) is 43.0 Å². The number of hydrogen-bond donors (Lipinski definition) is 3. The van der Waals surface area contributed by atoms with E-state index in [4.69, 9.17) is 5.84 Å². The number of nitrogen functional groups attached to an aromatic ring is 1. The van der Waals surface area contributed by atoms with Gasteiger partial charge < -0.3 is 10.0 Å². The molecule has 0 amide bonds. The quantitative estimate of drug-likeness (QED) is 0.527. The second kappa shape index (κ2) is 5.90. The largest absolute Gasteiger partial charge is 0.389 e. The van der Waals surface area contributed by atoms with Gasteiger partial charge in [-0.2, -0.15) is 4.98 Å². The molecule has 1 fully saturated rings. The molecule has 0 atom stereocenters. The van der Waals surface area contributed by atoms with Crippen LogP contribution in [0.5, 0.6) is 0 Å². The standard InChI is InChI=1S/C13H24N6O/c1-10-8-15-12(17-14)16-11(10)19-6-4-18(5-7-19)9-13(2,3)20/h8,20H,4-7,9,14H2,1-3H3,(H,15,16,17).